The van der Waals surface area contributed by atoms with E-state index in [1.54, 1.807) is 0 Å². The van der Waals surface area contributed by atoms with Gasteiger partial charge in [-0.1, -0.05) is 20.8 Å². The van der Waals surface area contributed by atoms with E-state index in [1.807, 2.05) is 20.8 Å². The highest BCUT2D eigenvalue weighted by Crippen LogP contribution is 2.25. The van der Waals surface area contributed by atoms with Gasteiger partial charge in [-0.15, -0.1) is 0 Å². The molecule has 1 aromatic rings. The lowest BCUT2D eigenvalue weighted by molar-refractivity contribution is 0.112. The fourth-order valence-electron chi connectivity index (χ4n) is 1.24. The molecule has 0 radical (unpaired) electrons. The topological polar surface area (TPSA) is 26.3 Å². The first-order valence-corrected chi connectivity index (χ1v) is 5.40. The lowest BCUT2D eigenvalue weighted by Crippen LogP contribution is -2.12. The zero-order valence-electron chi connectivity index (χ0n) is 10.2. The van der Waals surface area contributed by atoms with Crippen LogP contribution < -0.4 is 4.74 Å². The van der Waals surface area contributed by atoms with Crippen molar-refractivity contribution in [3.8, 4) is 5.75 Å². The van der Waals surface area contributed by atoms with Gasteiger partial charge >= 0.3 is 0 Å². The van der Waals surface area contributed by atoms with Crippen LogP contribution >= 0.6 is 0 Å². The minimum atomic E-state index is -0.846. The van der Waals surface area contributed by atoms with E-state index >= 15 is 0 Å². The van der Waals surface area contributed by atoms with Crippen LogP contribution in [0.25, 0.3) is 0 Å². The van der Waals surface area contributed by atoms with Gasteiger partial charge < -0.3 is 4.74 Å². The molecule has 4 heteroatoms. The minimum absolute atomic E-state index is 0.0374. The van der Waals surface area contributed by atoms with Crippen molar-refractivity contribution in [3.05, 3.63) is 29.3 Å². The smallest absolute Gasteiger partial charge is 0.190 e. The number of carbonyl (C=O) groups is 1. The van der Waals surface area contributed by atoms with Crippen molar-refractivity contribution in [1.29, 1.82) is 0 Å². The summed E-state index contributed by atoms with van der Waals surface area (Å²) in [5, 5.41) is 0. The van der Waals surface area contributed by atoms with Crippen LogP contribution in [0.5, 0.6) is 5.75 Å². The maximum Gasteiger partial charge on any atom is 0.190 e. The van der Waals surface area contributed by atoms with Crippen LogP contribution in [0.1, 0.15) is 37.6 Å². The highest BCUT2D eigenvalue weighted by atomic mass is 19.1. The Bertz CT molecular complexity index is 385. The number of carbonyl (C=O) groups excluding carboxylic acids is 1. The SMILES string of the molecule is CC(C)(C)CCOc1c(F)cc(C=O)cc1F. The summed E-state index contributed by atoms with van der Waals surface area (Å²) in [6.45, 7) is 6.27. The third-order valence-corrected chi connectivity index (χ3v) is 2.26. The van der Waals surface area contributed by atoms with E-state index in [4.69, 9.17) is 4.74 Å². The molecule has 0 bridgehead atoms. The first-order chi connectivity index (χ1) is 7.83. The minimum Gasteiger partial charge on any atom is -0.488 e. The van der Waals surface area contributed by atoms with Crippen LogP contribution in [-0.4, -0.2) is 12.9 Å². The van der Waals surface area contributed by atoms with Gasteiger partial charge in [0.1, 0.15) is 6.29 Å². The zero-order valence-corrected chi connectivity index (χ0v) is 10.2. The first kappa shape index (κ1) is 13.6. The Morgan fingerprint density at radius 2 is 1.76 bits per heavy atom. The van der Waals surface area contributed by atoms with Gasteiger partial charge in [0.15, 0.2) is 17.4 Å². The lowest BCUT2D eigenvalue weighted by atomic mass is 9.93. The van der Waals surface area contributed by atoms with Gasteiger partial charge in [-0.05, 0) is 24.0 Å². The molecule has 0 aromatic heterocycles. The zero-order chi connectivity index (χ0) is 13.1. The molecule has 0 atom stereocenters. The van der Waals surface area contributed by atoms with Crippen molar-refractivity contribution in [2.75, 3.05) is 6.61 Å². The van der Waals surface area contributed by atoms with Crippen molar-refractivity contribution in [2.45, 2.75) is 27.2 Å². The molecule has 94 valence electrons. The van der Waals surface area contributed by atoms with Crippen LogP contribution in [0.2, 0.25) is 0 Å². The lowest BCUT2D eigenvalue weighted by Gasteiger charge is -2.18. The van der Waals surface area contributed by atoms with E-state index in [-0.39, 0.29) is 17.6 Å². The van der Waals surface area contributed by atoms with Gasteiger partial charge in [-0.2, -0.15) is 0 Å². The van der Waals surface area contributed by atoms with E-state index in [0.29, 0.717) is 12.7 Å². The Balaban J connectivity index is 2.75. The average molecular weight is 242 g/mol. The molecule has 0 saturated carbocycles. The van der Waals surface area contributed by atoms with E-state index in [2.05, 4.69) is 0 Å². The maximum absolute atomic E-state index is 13.4. The molecule has 0 saturated heterocycles. The van der Waals surface area contributed by atoms with Crippen LogP contribution in [0.3, 0.4) is 0 Å². The van der Waals surface area contributed by atoms with Gasteiger partial charge in [0.2, 0.25) is 0 Å². The Hall–Kier alpha value is -1.45. The standard InChI is InChI=1S/C13H16F2O2/c1-13(2,3)4-5-17-12-10(14)6-9(8-16)7-11(12)15/h6-8H,4-5H2,1-3H3. The predicted octanol–water partition coefficient (Wildman–Crippen LogP) is 3.59. The van der Waals surface area contributed by atoms with E-state index in [9.17, 15) is 13.6 Å². The Kier molecular flexibility index (Phi) is 4.21. The summed E-state index contributed by atoms with van der Waals surface area (Å²) in [6, 6.07) is 1.92. The number of hydrogen-bond donors (Lipinski definition) is 0. The third-order valence-electron chi connectivity index (χ3n) is 2.26. The number of rotatable bonds is 4. The summed E-state index contributed by atoms with van der Waals surface area (Å²) in [6.07, 6.45) is 1.08. The molecular weight excluding hydrogens is 226 g/mol. The van der Waals surface area contributed by atoms with Gasteiger partial charge in [0, 0.05) is 5.56 Å². The van der Waals surface area contributed by atoms with Gasteiger partial charge in [0.25, 0.3) is 0 Å². The highest BCUT2D eigenvalue weighted by Gasteiger charge is 2.15. The molecule has 0 aliphatic heterocycles. The largest absolute Gasteiger partial charge is 0.488 e. The fraction of sp³-hybridized carbons (Fsp3) is 0.462. The van der Waals surface area contributed by atoms with Crippen LogP contribution in [0.4, 0.5) is 8.78 Å². The summed E-state index contributed by atoms with van der Waals surface area (Å²) in [4.78, 5) is 10.4. The molecule has 0 aliphatic carbocycles. The second-order valence-electron chi connectivity index (χ2n) is 5.09. The monoisotopic (exact) mass is 242 g/mol. The Labute approximate surface area is 99.6 Å². The maximum atomic E-state index is 13.4. The molecule has 0 amide bonds. The number of ether oxygens (including phenoxy) is 1. The van der Waals surface area contributed by atoms with Gasteiger partial charge in [-0.25, -0.2) is 8.78 Å². The molecule has 0 aliphatic rings. The van der Waals surface area contributed by atoms with Crippen molar-refractivity contribution in [2.24, 2.45) is 5.41 Å². The second-order valence-corrected chi connectivity index (χ2v) is 5.09. The van der Waals surface area contributed by atoms with Crippen molar-refractivity contribution >= 4 is 6.29 Å². The van der Waals surface area contributed by atoms with E-state index in [0.717, 1.165) is 12.1 Å². The van der Waals surface area contributed by atoms with Crippen molar-refractivity contribution in [1.82, 2.24) is 0 Å². The molecule has 0 spiro atoms. The average Bonchev–Trinajstić information content (AvgIpc) is 2.20. The van der Waals surface area contributed by atoms with E-state index < -0.39 is 17.4 Å². The van der Waals surface area contributed by atoms with Crippen LogP contribution in [0.15, 0.2) is 12.1 Å². The molecule has 1 rings (SSSR count). The van der Waals surface area contributed by atoms with Crippen LogP contribution in [-0.2, 0) is 0 Å². The quantitative estimate of drug-likeness (QED) is 0.754. The second kappa shape index (κ2) is 5.25. The normalized spacial score (nSPS) is 11.4. The predicted molar refractivity (Wildman–Crippen MR) is 61.3 cm³/mol. The highest BCUT2D eigenvalue weighted by molar-refractivity contribution is 5.75. The number of benzene rings is 1. The molecule has 0 unspecified atom stereocenters. The summed E-state index contributed by atoms with van der Waals surface area (Å²) < 4.78 is 31.9. The van der Waals surface area contributed by atoms with Crippen molar-refractivity contribution < 1.29 is 18.3 Å². The molecule has 1 aromatic carbocycles. The molecule has 17 heavy (non-hydrogen) atoms. The number of halogens is 2. The summed E-state index contributed by atoms with van der Waals surface area (Å²) in [7, 11) is 0. The molecule has 0 fully saturated rings. The van der Waals surface area contributed by atoms with Gasteiger partial charge in [-0.3, -0.25) is 4.79 Å². The summed E-state index contributed by atoms with van der Waals surface area (Å²) in [5.41, 5.74) is -0.00134. The van der Waals surface area contributed by atoms with Crippen LogP contribution in [0, 0.1) is 17.0 Å². The Morgan fingerprint density at radius 3 is 2.18 bits per heavy atom. The van der Waals surface area contributed by atoms with E-state index in [1.165, 1.54) is 0 Å². The Morgan fingerprint density at radius 1 is 1.24 bits per heavy atom. The fourth-order valence-corrected chi connectivity index (χ4v) is 1.24. The molecule has 0 heterocycles. The molecule has 2 nitrogen and oxygen atoms in total. The third kappa shape index (κ3) is 4.13. The molecule has 0 N–H and O–H groups in total. The number of hydrogen-bond acceptors (Lipinski definition) is 2. The summed E-state index contributed by atoms with van der Waals surface area (Å²) >= 11 is 0. The summed E-state index contributed by atoms with van der Waals surface area (Å²) in [5.74, 6) is -2.11. The van der Waals surface area contributed by atoms with Crippen molar-refractivity contribution in [3.63, 3.8) is 0 Å². The first-order valence-electron chi connectivity index (χ1n) is 5.40. The number of aldehydes is 1. The van der Waals surface area contributed by atoms with Gasteiger partial charge in [0.05, 0.1) is 6.61 Å². The molecular formula is C13H16F2O2.